The number of benzene rings is 2. The number of carbonyl (C=O) groups excluding carboxylic acids is 1. The van der Waals surface area contributed by atoms with Gasteiger partial charge in [-0.25, -0.2) is 4.39 Å². The van der Waals surface area contributed by atoms with Gasteiger partial charge in [0.25, 0.3) is 5.91 Å². The zero-order valence-electron chi connectivity index (χ0n) is 17.4. The van der Waals surface area contributed by atoms with E-state index in [-0.39, 0.29) is 30.4 Å². The first-order valence-electron chi connectivity index (χ1n) is 9.92. The van der Waals surface area contributed by atoms with Crippen LogP contribution in [0.4, 0.5) is 4.39 Å². The molecule has 1 heterocycles. The fourth-order valence-corrected chi connectivity index (χ4v) is 4.04. The Morgan fingerprint density at radius 3 is 2.34 bits per heavy atom. The molecule has 2 aromatic carbocycles. The summed E-state index contributed by atoms with van der Waals surface area (Å²) in [5.41, 5.74) is 3.25. The van der Waals surface area contributed by atoms with E-state index in [4.69, 9.17) is 4.74 Å². The molecule has 29 heavy (non-hydrogen) atoms. The molecule has 0 aromatic heterocycles. The summed E-state index contributed by atoms with van der Waals surface area (Å²) < 4.78 is 20.0. The lowest BCUT2D eigenvalue weighted by atomic mass is 10.1. The number of ether oxygens (including phenoxy) is 1. The van der Waals surface area contributed by atoms with Gasteiger partial charge in [0, 0.05) is 36.2 Å². The Labute approximate surface area is 180 Å². The summed E-state index contributed by atoms with van der Waals surface area (Å²) in [6.07, 6.45) is 0. The summed E-state index contributed by atoms with van der Waals surface area (Å²) in [6, 6.07) is 10.8. The minimum Gasteiger partial charge on any atom is -0.484 e. The molecule has 1 amide bonds. The van der Waals surface area contributed by atoms with Crippen molar-refractivity contribution >= 4 is 21.8 Å². The van der Waals surface area contributed by atoms with Gasteiger partial charge in [0.15, 0.2) is 6.61 Å². The minimum absolute atomic E-state index is 0.00371. The predicted octanol–water partition coefficient (Wildman–Crippen LogP) is 4.71. The van der Waals surface area contributed by atoms with Crippen molar-refractivity contribution in [1.82, 2.24) is 9.80 Å². The van der Waals surface area contributed by atoms with Gasteiger partial charge in [0.1, 0.15) is 11.6 Å². The fraction of sp³-hybridized carbons (Fsp3) is 0.435. The van der Waals surface area contributed by atoms with Crippen LogP contribution in [0.25, 0.3) is 0 Å². The highest BCUT2D eigenvalue weighted by molar-refractivity contribution is 9.10. The molecule has 0 spiro atoms. The maximum Gasteiger partial charge on any atom is 0.260 e. The number of hydrogen-bond acceptors (Lipinski definition) is 3. The molecule has 156 valence electrons. The normalized spacial score (nSPS) is 20.0. The molecule has 0 N–H and O–H groups in total. The molecule has 0 bridgehead atoms. The Hall–Kier alpha value is -1.92. The summed E-state index contributed by atoms with van der Waals surface area (Å²) >= 11 is 3.55. The van der Waals surface area contributed by atoms with Gasteiger partial charge in [0.05, 0.1) is 0 Å². The van der Waals surface area contributed by atoms with E-state index in [1.54, 1.807) is 0 Å². The van der Waals surface area contributed by atoms with Crippen LogP contribution in [0.5, 0.6) is 5.75 Å². The SMILES string of the molecule is Cc1cc(OCC(=O)N2C[C@@H](C)N(Cc3ccc(F)cc3)C[C@@H]2C)cc(C)c1Br. The van der Waals surface area contributed by atoms with Gasteiger partial charge in [-0.3, -0.25) is 9.69 Å². The molecule has 0 radical (unpaired) electrons. The fourth-order valence-electron chi connectivity index (χ4n) is 3.81. The Morgan fingerprint density at radius 2 is 1.72 bits per heavy atom. The summed E-state index contributed by atoms with van der Waals surface area (Å²) in [5.74, 6) is 0.498. The van der Waals surface area contributed by atoms with Gasteiger partial charge < -0.3 is 9.64 Å². The van der Waals surface area contributed by atoms with Crippen LogP contribution in [0.2, 0.25) is 0 Å². The molecular formula is C23H28BrFN2O2. The lowest BCUT2D eigenvalue weighted by Crippen LogP contribution is -2.58. The average Bonchev–Trinajstić information content (AvgIpc) is 2.68. The van der Waals surface area contributed by atoms with Gasteiger partial charge in [-0.15, -0.1) is 0 Å². The van der Waals surface area contributed by atoms with Crippen LogP contribution in [0, 0.1) is 19.7 Å². The van der Waals surface area contributed by atoms with Crippen molar-refractivity contribution < 1.29 is 13.9 Å². The molecule has 0 saturated carbocycles. The maximum absolute atomic E-state index is 13.1. The summed E-state index contributed by atoms with van der Waals surface area (Å²) in [6.45, 7) is 10.4. The molecule has 3 rings (SSSR count). The minimum atomic E-state index is -0.221. The lowest BCUT2D eigenvalue weighted by Gasteiger charge is -2.44. The van der Waals surface area contributed by atoms with E-state index in [0.29, 0.717) is 12.3 Å². The third-order valence-corrected chi connectivity index (χ3v) is 6.76. The van der Waals surface area contributed by atoms with E-state index in [1.165, 1.54) is 12.1 Å². The van der Waals surface area contributed by atoms with Crippen molar-refractivity contribution in [2.45, 2.75) is 46.3 Å². The molecule has 0 unspecified atom stereocenters. The highest BCUT2D eigenvalue weighted by atomic mass is 79.9. The second kappa shape index (κ2) is 9.26. The van der Waals surface area contributed by atoms with E-state index >= 15 is 0 Å². The largest absolute Gasteiger partial charge is 0.484 e. The summed E-state index contributed by atoms with van der Waals surface area (Å²) in [4.78, 5) is 17.0. The van der Waals surface area contributed by atoms with Gasteiger partial charge in [-0.1, -0.05) is 28.1 Å². The van der Waals surface area contributed by atoms with Crippen molar-refractivity contribution in [3.8, 4) is 5.75 Å². The van der Waals surface area contributed by atoms with E-state index in [0.717, 1.165) is 34.3 Å². The third kappa shape index (κ3) is 5.37. The van der Waals surface area contributed by atoms with Crippen molar-refractivity contribution in [2.24, 2.45) is 0 Å². The van der Waals surface area contributed by atoms with E-state index in [9.17, 15) is 9.18 Å². The number of carbonyl (C=O) groups is 1. The molecule has 1 aliphatic heterocycles. The Kier molecular flexibility index (Phi) is 6.96. The lowest BCUT2D eigenvalue weighted by molar-refractivity contribution is -0.139. The quantitative estimate of drug-likeness (QED) is 0.644. The van der Waals surface area contributed by atoms with Crippen LogP contribution in [0.3, 0.4) is 0 Å². The smallest absolute Gasteiger partial charge is 0.260 e. The predicted molar refractivity (Wildman–Crippen MR) is 117 cm³/mol. The first-order chi connectivity index (χ1) is 13.7. The van der Waals surface area contributed by atoms with Gasteiger partial charge >= 0.3 is 0 Å². The van der Waals surface area contributed by atoms with Gasteiger partial charge in [-0.05, 0) is 68.7 Å². The zero-order valence-corrected chi connectivity index (χ0v) is 19.0. The number of piperazine rings is 1. The summed E-state index contributed by atoms with van der Waals surface area (Å²) in [7, 11) is 0. The van der Waals surface area contributed by atoms with Gasteiger partial charge in [-0.2, -0.15) is 0 Å². The number of rotatable bonds is 5. The van der Waals surface area contributed by atoms with E-state index in [1.807, 2.05) is 43.0 Å². The van der Waals surface area contributed by atoms with Crippen molar-refractivity contribution in [2.75, 3.05) is 19.7 Å². The molecule has 4 nitrogen and oxygen atoms in total. The molecule has 1 saturated heterocycles. The average molecular weight is 463 g/mol. The Balaban J connectivity index is 1.57. The number of halogens is 2. The van der Waals surface area contributed by atoms with Crippen LogP contribution < -0.4 is 4.74 Å². The summed E-state index contributed by atoms with van der Waals surface area (Å²) in [5, 5.41) is 0. The van der Waals surface area contributed by atoms with Crippen molar-refractivity contribution in [3.05, 3.63) is 63.4 Å². The maximum atomic E-state index is 13.1. The van der Waals surface area contributed by atoms with E-state index in [2.05, 4.69) is 34.7 Å². The molecular weight excluding hydrogens is 435 g/mol. The standard InChI is InChI=1S/C23H28BrFN2O2/c1-15-9-21(10-16(2)23(15)24)29-14-22(28)27-12-17(3)26(11-18(27)4)13-19-5-7-20(25)8-6-19/h5-10,17-18H,11-14H2,1-4H3/t17-,18+/m1/s1. The highest BCUT2D eigenvalue weighted by Gasteiger charge is 2.32. The molecule has 2 atom stereocenters. The number of amides is 1. The van der Waals surface area contributed by atoms with Crippen LogP contribution in [-0.2, 0) is 11.3 Å². The first kappa shape index (κ1) is 21.8. The molecule has 6 heteroatoms. The van der Waals surface area contributed by atoms with Crippen molar-refractivity contribution in [1.29, 1.82) is 0 Å². The Bertz CT molecular complexity index is 849. The van der Waals surface area contributed by atoms with Crippen molar-refractivity contribution in [3.63, 3.8) is 0 Å². The van der Waals surface area contributed by atoms with E-state index < -0.39 is 0 Å². The van der Waals surface area contributed by atoms with Crippen LogP contribution in [-0.4, -0.2) is 47.5 Å². The molecule has 1 fully saturated rings. The Morgan fingerprint density at radius 1 is 1.10 bits per heavy atom. The second-order valence-corrected chi connectivity index (χ2v) is 8.75. The second-order valence-electron chi connectivity index (χ2n) is 7.96. The topological polar surface area (TPSA) is 32.8 Å². The highest BCUT2D eigenvalue weighted by Crippen LogP contribution is 2.26. The van der Waals surface area contributed by atoms with Crippen LogP contribution in [0.1, 0.15) is 30.5 Å². The first-order valence-corrected chi connectivity index (χ1v) is 10.7. The monoisotopic (exact) mass is 462 g/mol. The third-order valence-electron chi connectivity index (χ3n) is 5.51. The van der Waals surface area contributed by atoms with Crippen LogP contribution in [0.15, 0.2) is 40.9 Å². The van der Waals surface area contributed by atoms with Gasteiger partial charge in [0.2, 0.25) is 0 Å². The molecule has 1 aliphatic rings. The molecule has 2 aromatic rings. The number of aryl methyl sites for hydroxylation is 2. The number of hydrogen-bond donors (Lipinski definition) is 0. The molecule has 0 aliphatic carbocycles. The zero-order chi connectivity index (χ0) is 21.1. The number of nitrogens with zero attached hydrogens (tertiary/aromatic N) is 2. The van der Waals surface area contributed by atoms with Crippen LogP contribution >= 0.6 is 15.9 Å².